The van der Waals surface area contributed by atoms with Gasteiger partial charge >= 0.3 is 0 Å². The third-order valence-corrected chi connectivity index (χ3v) is 4.80. The van der Waals surface area contributed by atoms with Gasteiger partial charge in [-0.25, -0.2) is 18.2 Å². The van der Waals surface area contributed by atoms with E-state index >= 15 is 0 Å². The fourth-order valence-electron chi connectivity index (χ4n) is 3.71. The van der Waals surface area contributed by atoms with Crippen LogP contribution in [-0.2, 0) is 0 Å². The number of piperidine rings is 1. The van der Waals surface area contributed by atoms with Crippen LogP contribution in [0.5, 0.6) is 0 Å². The first-order valence-electron chi connectivity index (χ1n) is 7.64. The van der Waals surface area contributed by atoms with Crippen molar-refractivity contribution in [2.45, 2.75) is 18.8 Å². The molecule has 1 fully saturated rings. The predicted molar refractivity (Wildman–Crippen MR) is 82.9 cm³/mol. The highest BCUT2D eigenvalue weighted by atomic mass is 19.2. The molecular formula is C17H13F3N4. The summed E-state index contributed by atoms with van der Waals surface area (Å²) in [5, 5.41) is 9.46. The third-order valence-electron chi connectivity index (χ3n) is 4.80. The van der Waals surface area contributed by atoms with E-state index in [0.717, 1.165) is 32.0 Å². The molecule has 1 saturated heterocycles. The van der Waals surface area contributed by atoms with Crippen LogP contribution in [0.1, 0.15) is 30.0 Å². The Bertz CT molecular complexity index is 896. The van der Waals surface area contributed by atoms with Crippen molar-refractivity contribution in [2.75, 3.05) is 23.7 Å². The van der Waals surface area contributed by atoms with E-state index in [4.69, 9.17) is 5.73 Å². The first kappa shape index (κ1) is 14.8. The second kappa shape index (κ2) is 5.13. The number of hydrogen-bond acceptors (Lipinski definition) is 4. The number of nitriles is 1. The molecule has 0 radical (unpaired) electrons. The number of fused-ring (bicyclic) bond motifs is 2. The van der Waals surface area contributed by atoms with Crippen LogP contribution in [0.3, 0.4) is 0 Å². The van der Waals surface area contributed by atoms with Gasteiger partial charge in [0.2, 0.25) is 0 Å². The summed E-state index contributed by atoms with van der Waals surface area (Å²) in [4.78, 5) is 6.32. The van der Waals surface area contributed by atoms with Gasteiger partial charge in [0.05, 0.1) is 11.4 Å². The van der Waals surface area contributed by atoms with E-state index in [-0.39, 0.29) is 28.4 Å². The minimum absolute atomic E-state index is 0.0379. The van der Waals surface area contributed by atoms with Gasteiger partial charge in [0, 0.05) is 36.2 Å². The van der Waals surface area contributed by atoms with Gasteiger partial charge in [0.15, 0.2) is 11.6 Å². The third kappa shape index (κ3) is 1.96. The highest BCUT2D eigenvalue weighted by Gasteiger charge is 2.37. The highest BCUT2D eigenvalue weighted by molar-refractivity contribution is 5.89. The highest BCUT2D eigenvalue weighted by Crippen LogP contribution is 2.49. The zero-order valence-corrected chi connectivity index (χ0v) is 12.6. The Morgan fingerprint density at radius 3 is 2.58 bits per heavy atom. The summed E-state index contributed by atoms with van der Waals surface area (Å²) in [5.41, 5.74) is 6.95. The molecule has 1 aromatic heterocycles. The number of anilines is 2. The normalized spacial score (nSPS) is 16.2. The second-order valence-corrected chi connectivity index (χ2v) is 6.10. The molecule has 0 unspecified atom stereocenters. The van der Waals surface area contributed by atoms with E-state index in [2.05, 4.69) is 4.98 Å². The molecule has 2 aromatic rings. The molecule has 0 spiro atoms. The largest absolute Gasteiger partial charge is 0.383 e. The Morgan fingerprint density at radius 2 is 1.92 bits per heavy atom. The Kier molecular flexibility index (Phi) is 3.17. The topological polar surface area (TPSA) is 65.9 Å². The smallest absolute Gasteiger partial charge is 0.166 e. The maximum atomic E-state index is 14.4. The van der Waals surface area contributed by atoms with E-state index in [1.807, 2.05) is 11.0 Å². The van der Waals surface area contributed by atoms with Gasteiger partial charge in [0.1, 0.15) is 23.3 Å². The maximum Gasteiger partial charge on any atom is 0.166 e. The molecule has 2 N–H and O–H groups in total. The fourth-order valence-corrected chi connectivity index (χ4v) is 3.71. The number of pyridine rings is 1. The fraction of sp³-hybridized carbons (Fsp3) is 0.294. The Hall–Kier alpha value is -2.75. The molecule has 4 heterocycles. The zero-order chi connectivity index (χ0) is 17.0. The average molecular weight is 330 g/mol. The molecule has 3 aliphatic heterocycles. The van der Waals surface area contributed by atoms with Crippen molar-refractivity contribution >= 4 is 11.5 Å². The lowest BCUT2D eigenvalue weighted by atomic mass is 9.82. The lowest BCUT2D eigenvalue weighted by Crippen LogP contribution is -2.40. The van der Waals surface area contributed by atoms with Crippen LogP contribution in [0.2, 0.25) is 0 Å². The Labute approximate surface area is 136 Å². The zero-order valence-electron chi connectivity index (χ0n) is 12.6. The molecule has 3 aliphatic rings. The molecule has 0 saturated carbocycles. The second-order valence-electron chi connectivity index (χ2n) is 6.10. The lowest BCUT2D eigenvalue weighted by molar-refractivity contribution is 0.464. The summed E-state index contributed by atoms with van der Waals surface area (Å²) in [7, 11) is 0. The first-order chi connectivity index (χ1) is 11.5. The molecule has 122 valence electrons. The van der Waals surface area contributed by atoms with Crippen LogP contribution in [0.4, 0.5) is 24.7 Å². The van der Waals surface area contributed by atoms with Gasteiger partial charge in [-0.15, -0.1) is 0 Å². The number of rotatable bonds is 1. The standard InChI is InChI=1S/C17H13F3N4/c18-9-5-10(14(20)12(19)6-9)13-11(7-21)17(22)23-15-8-1-3-24(4-2-8)16(13)15/h5-6,8H,1-4H2,(H2,22,23). The number of nitrogens with zero attached hydrogens (tertiary/aromatic N) is 3. The summed E-state index contributed by atoms with van der Waals surface area (Å²) in [5.74, 6) is -3.27. The Morgan fingerprint density at radius 1 is 1.21 bits per heavy atom. The van der Waals surface area contributed by atoms with E-state index in [1.54, 1.807) is 0 Å². The quantitative estimate of drug-likeness (QED) is 0.815. The number of hydrogen-bond donors (Lipinski definition) is 1. The molecule has 4 nitrogen and oxygen atoms in total. The predicted octanol–water partition coefficient (Wildman–Crippen LogP) is 3.32. The van der Waals surface area contributed by atoms with Crippen molar-refractivity contribution in [1.29, 1.82) is 5.26 Å². The SMILES string of the molecule is N#Cc1c(N)nc2c(c1-c1cc(F)cc(F)c1F)N1CCC2CC1. The number of aromatic nitrogens is 1. The maximum absolute atomic E-state index is 14.4. The van der Waals surface area contributed by atoms with Gasteiger partial charge < -0.3 is 10.6 Å². The van der Waals surface area contributed by atoms with Crippen LogP contribution < -0.4 is 10.6 Å². The van der Waals surface area contributed by atoms with Crippen molar-refractivity contribution in [1.82, 2.24) is 4.98 Å². The molecular weight excluding hydrogens is 317 g/mol. The monoisotopic (exact) mass is 330 g/mol. The molecule has 24 heavy (non-hydrogen) atoms. The Balaban J connectivity index is 2.11. The molecule has 5 rings (SSSR count). The van der Waals surface area contributed by atoms with Gasteiger partial charge in [0.25, 0.3) is 0 Å². The first-order valence-corrected chi connectivity index (χ1v) is 7.64. The van der Waals surface area contributed by atoms with E-state index in [1.165, 1.54) is 0 Å². The molecule has 0 amide bonds. The summed E-state index contributed by atoms with van der Waals surface area (Å²) >= 11 is 0. The number of nitrogens with two attached hydrogens (primary N) is 1. The van der Waals surface area contributed by atoms with Gasteiger partial charge in [-0.2, -0.15) is 5.26 Å². The van der Waals surface area contributed by atoms with Crippen molar-refractivity contribution in [2.24, 2.45) is 0 Å². The van der Waals surface area contributed by atoms with Crippen LogP contribution in [-0.4, -0.2) is 18.1 Å². The van der Waals surface area contributed by atoms with Gasteiger partial charge in [-0.05, 0) is 18.9 Å². The van der Waals surface area contributed by atoms with E-state index < -0.39 is 17.5 Å². The number of halogens is 3. The van der Waals surface area contributed by atoms with Crippen molar-refractivity contribution in [3.63, 3.8) is 0 Å². The van der Waals surface area contributed by atoms with Crippen LogP contribution >= 0.6 is 0 Å². The molecule has 0 aliphatic carbocycles. The van der Waals surface area contributed by atoms with Gasteiger partial charge in [-0.3, -0.25) is 0 Å². The summed E-state index contributed by atoms with van der Waals surface area (Å²) in [6, 6.07) is 3.29. The van der Waals surface area contributed by atoms with Gasteiger partial charge in [-0.1, -0.05) is 0 Å². The van der Waals surface area contributed by atoms with Crippen molar-refractivity contribution < 1.29 is 13.2 Å². The summed E-state index contributed by atoms with van der Waals surface area (Å²) < 4.78 is 41.8. The molecule has 1 aromatic carbocycles. The number of nitrogen functional groups attached to an aromatic ring is 1. The summed E-state index contributed by atoms with van der Waals surface area (Å²) in [6.45, 7) is 1.47. The minimum atomic E-state index is -1.30. The molecule has 0 atom stereocenters. The summed E-state index contributed by atoms with van der Waals surface area (Å²) in [6.07, 6.45) is 1.79. The lowest BCUT2D eigenvalue weighted by Gasteiger charge is -2.42. The van der Waals surface area contributed by atoms with E-state index in [0.29, 0.717) is 17.4 Å². The van der Waals surface area contributed by atoms with Crippen LogP contribution in [0.15, 0.2) is 12.1 Å². The average Bonchev–Trinajstić information content (AvgIpc) is 2.58. The van der Waals surface area contributed by atoms with Crippen molar-refractivity contribution in [3.8, 4) is 17.2 Å². The molecule has 2 bridgehead atoms. The minimum Gasteiger partial charge on any atom is -0.383 e. The van der Waals surface area contributed by atoms with Crippen LogP contribution in [0, 0.1) is 28.8 Å². The molecule has 7 heteroatoms. The van der Waals surface area contributed by atoms with Crippen molar-refractivity contribution in [3.05, 3.63) is 40.8 Å². The van der Waals surface area contributed by atoms with E-state index in [9.17, 15) is 18.4 Å². The van der Waals surface area contributed by atoms with Crippen LogP contribution in [0.25, 0.3) is 11.1 Å². The number of benzene rings is 1.